The summed E-state index contributed by atoms with van der Waals surface area (Å²) >= 11 is 0. The lowest BCUT2D eigenvalue weighted by Crippen LogP contribution is -2.43. The van der Waals surface area contributed by atoms with Crippen LogP contribution in [-0.2, 0) is 17.8 Å². The number of nitrogens with zero attached hydrogens (tertiary/aromatic N) is 4. The van der Waals surface area contributed by atoms with E-state index in [1.165, 1.54) is 82.3 Å². The molecule has 2 saturated heterocycles. The van der Waals surface area contributed by atoms with Crippen LogP contribution < -0.4 is 0 Å². The first kappa shape index (κ1) is 21.3. The maximum Gasteiger partial charge on any atom is 0.0702 e. The maximum absolute atomic E-state index is 6.00. The summed E-state index contributed by atoms with van der Waals surface area (Å²) in [7, 11) is 0. The third-order valence-corrected chi connectivity index (χ3v) is 7.39. The zero-order valence-electron chi connectivity index (χ0n) is 18.8. The predicted molar refractivity (Wildman–Crippen MR) is 118 cm³/mol. The van der Waals surface area contributed by atoms with Crippen LogP contribution in [0.5, 0.6) is 0 Å². The number of ether oxygens (including phenoxy) is 1. The molecule has 3 heterocycles. The fourth-order valence-corrected chi connectivity index (χ4v) is 5.71. The SMILES string of the molecule is CCCn1cc(CN(CC2CCN(C3CCCC3)CC2)CC2CCCO2)c(C)n1. The van der Waals surface area contributed by atoms with Gasteiger partial charge in [0.15, 0.2) is 0 Å². The molecule has 1 aliphatic carbocycles. The van der Waals surface area contributed by atoms with E-state index >= 15 is 0 Å². The van der Waals surface area contributed by atoms with Gasteiger partial charge in [0.2, 0.25) is 0 Å². The Balaban J connectivity index is 1.34. The van der Waals surface area contributed by atoms with E-state index in [4.69, 9.17) is 9.84 Å². The predicted octanol–water partition coefficient (Wildman–Crippen LogP) is 4.24. The van der Waals surface area contributed by atoms with E-state index in [0.717, 1.165) is 44.6 Å². The molecule has 1 atom stereocenters. The highest BCUT2D eigenvalue weighted by molar-refractivity contribution is 5.15. The molecule has 29 heavy (non-hydrogen) atoms. The van der Waals surface area contributed by atoms with E-state index < -0.39 is 0 Å². The van der Waals surface area contributed by atoms with E-state index in [-0.39, 0.29) is 0 Å². The molecule has 164 valence electrons. The van der Waals surface area contributed by atoms with E-state index in [0.29, 0.717) is 6.10 Å². The average Bonchev–Trinajstić information content (AvgIpc) is 3.47. The Bertz CT molecular complexity index is 610. The number of likely N-dealkylation sites (tertiary alicyclic amines) is 1. The van der Waals surface area contributed by atoms with Crippen LogP contribution in [0, 0.1) is 12.8 Å². The minimum Gasteiger partial charge on any atom is -0.377 e. The van der Waals surface area contributed by atoms with Crippen molar-refractivity contribution >= 4 is 0 Å². The van der Waals surface area contributed by atoms with Crippen molar-refractivity contribution in [2.75, 3.05) is 32.8 Å². The van der Waals surface area contributed by atoms with Crippen LogP contribution in [0.3, 0.4) is 0 Å². The zero-order valence-corrected chi connectivity index (χ0v) is 18.8. The van der Waals surface area contributed by atoms with Gasteiger partial charge in [0, 0.05) is 50.6 Å². The first-order chi connectivity index (χ1) is 14.2. The molecule has 0 radical (unpaired) electrons. The molecule has 5 nitrogen and oxygen atoms in total. The summed E-state index contributed by atoms with van der Waals surface area (Å²) < 4.78 is 8.13. The van der Waals surface area contributed by atoms with Crippen LogP contribution in [0.4, 0.5) is 0 Å². The summed E-state index contributed by atoms with van der Waals surface area (Å²) in [6.07, 6.45) is 14.8. The molecular weight excluding hydrogens is 360 g/mol. The first-order valence-electron chi connectivity index (χ1n) is 12.3. The molecule has 0 bridgehead atoms. The second kappa shape index (κ2) is 10.4. The summed E-state index contributed by atoms with van der Waals surface area (Å²) in [6.45, 7) is 12.3. The number of piperidine rings is 1. The molecule has 1 saturated carbocycles. The van der Waals surface area contributed by atoms with E-state index in [2.05, 4.69) is 34.5 Å². The van der Waals surface area contributed by atoms with Crippen molar-refractivity contribution in [2.24, 2.45) is 5.92 Å². The second-order valence-electron chi connectivity index (χ2n) is 9.75. The third kappa shape index (κ3) is 5.83. The number of hydrogen-bond donors (Lipinski definition) is 0. The minimum atomic E-state index is 0.430. The van der Waals surface area contributed by atoms with E-state index in [1.54, 1.807) is 0 Å². The van der Waals surface area contributed by atoms with Crippen molar-refractivity contribution in [3.63, 3.8) is 0 Å². The maximum atomic E-state index is 6.00. The summed E-state index contributed by atoms with van der Waals surface area (Å²) in [5, 5.41) is 4.74. The molecule has 5 heteroatoms. The van der Waals surface area contributed by atoms with Crippen LogP contribution in [0.15, 0.2) is 6.20 Å². The fourth-order valence-electron chi connectivity index (χ4n) is 5.71. The molecular formula is C24H42N4O. The van der Waals surface area contributed by atoms with E-state index in [1.807, 2.05) is 0 Å². The number of hydrogen-bond acceptors (Lipinski definition) is 4. The largest absolute Gasteiger partial charge is 0.377 e. The van der Waals surface area contributed by atoms with Gasteiger partial charge in [0.1, 0.15) is 0 Å². The Morgan fingerprint density at radius 1 is 1.07 bits per heavy atom. The van der Waals surface area contributed by atoms with Gasteiger partial charge in [-0.15, -0.1) is 0 Å². The van der Waals surface area contributed by atoms with Crippen LogP contribution >= 0.6 is 0 Å². The van der Waals surface area contributed by atoms with Crippen molar-refractivity contribution in [3.8, 4) is 0 Å². The molecule has 1 aromatic heterocycles. The van der Waals surface area contributed by atoms with Gasteiger partial charge in [-0.25, -0.2) is 0 Å². The van der Waals surface area contributed by atoms with Crippen molar-refractivity contribution in [1.29, 1.82) is 0 Å². The van der Waals surface area contributed by atoms with Gasteiger partial charge >= 0.3 is 0 Å². The smallest absolute Gasteiger partial charge is 0.0702 e. The van der Waals surface area contributed by atoms with Crippen LogP contribution in [0.2, 0.25) is 0 Å². The lowest BCUT2D eigenvalue weighted by molar-refractivity contribution is 0.0539. The van der Waals surface area contributed by atoms with Gasteiger partial charge < -0.3 is 9.64 Å². The number of aromatic nitrogens is 2. The normalized spacial score (nSPS) is 24.9. The van der Waals surface area contributed by atoms with Gasteiger partial charge in [0.25, 0.3) is 0 Å². The summed E-state index contributed by atoms with van der Waals surface area (Å²) in [5.74, 6) is 0.833. The molecule has 1 aromatic rings. The lowest BCUT2D eigenvalue weighted by atomic mass is 9.94. The topological polar surface area (TPSA) is 33.5 Å². The average molecular weight is 403 g/mol. The highest BCUT2D eigenvalue weighted by atomic mass is 16.5. The molecule has 3 fully saturated rings. The monoisotopic (exact) mass is 402 g/mol. The standard InChI is InChI=1S/C24H42N4O/c1-3-12-28-18-22(20(2)25-28)17-26(19-24-9-6-15-29-24)16-21-10-13-27(14-11-21)23-7-4-5-8-23/h18,21,23-24H,3-17,19H2,1-2H3. The van der Waals surface area contributed by atoms with E-state index in [9.17, 15) is 0 Å². The highest BCUT2D eigenvalue weighted by Crippen LogP contribution is 2.29. The van der Waals surface area contributed by atoms with Crippen molar-refractivity contribution in [1.82, 2.24) is 19.6 Å². The van der Waals surface area contributed by atoms with Gasteiger partial charge in [-0.2, -0.15) is 5.10 Å². The van der Waals surface area contributed by atoms with Gasteiger partial charge in [-0.1, -0.05) is 19.8 Å². The van der Waals surface area contributed by atoms with Crippen molar-refractivity contribution < 1.29 is 4.74 Å². The molecule has 0 spiro atoms. The van der Waals surface area contributed by atoms with Gasteiger partial charge in [0.05, 0.1) is 11.8 Å². The Hall–Kier alpha value is -0.910. The first-order valence-corrected chi connectivity index (χ1v) is 12.3. The van der Waals surface area contributed by atoms with Crippen LogP contribution in [0.1, 0.15) is 76.0 Å². The highest BCUT2D eigenvalue weighted by Gasteiger charge is 2.29. The fraction of sp³-hybridized carbons (Fsp3) is 0.875. The van der Waals surface area contributed by atoms with Crippen molar-refractivity contribution in [2.45, 2.75) is 96.9 Å². The molecule has 0 N–H and O–H groups in total. The Kier molecular flexibility index (Phi) is 7.65. The quantitative estimate of drug-likeness (QED) is 0.619. The van der Waals surface area contributed by atoms with Crippen LogP contribution in [0.25, 0.3) is 0 Å². The minimum absolute atomic E-state index is 0.430. The summed E-state index contributed by atoms with van der Waals surface area (Å²) in [5.41, 5.74) is 2.60. The molecule has 3 aliphatic rings. The summed E-state index contributed by atoms with van der Waals surface area (Å²) in [6, 6.07) is 0.894. The lowest BCUT2D eigenvalue weighted by Gasteiger charge is -2.38. The molecule has 2 aliphatic heterocycles. The summed E-state index contributed by atoms with van der Waals surface area (Å²) in [4.78, 5) is 5.49. The Labute approximate surface area is 177 Å². The van der Waals surface area contributed by atoms with Crippen molar-refractivity contribution in [3.05, 3.63) is 17.5 Å². The number of rotatable bonds is 9. The zero-order chi connectivity index (χ0) is 20.1. The van der Waals surface area contributed by atoms with Gasteiger partial charge in [-0.3, -0.25) is 9.58 Å². The third-order valence-electron chi connectivity index (χ3n) is 7.39. The Morgan fingerprint density at radius 2 is 1.86 bits per heavy atom. The molecule has 1 unspecified atom stereocenters. The molecule has 4 rings (SSSR count). The van der Waals surface area contributed by atoms with Gasteiger partial charge in [-0.05, 0) is 70.9 Å². The number of aryl methyl sites for hydroxylation is 2. The molecule has 0 amide bonds. The second-order valence-corrected chi connectivity index (χ2v) is 9.75. The Morgan fingerprint density at radius 3 is 2.55 bits per heavy atom. The molecule has 0 aromatic carbocycles. The van der Waals surface area contributed by atoms with Crippen LogP contribution in [-0.4, -0.2) is 64.5 Å².